The molecule has 4 heteroatoms. The lowest BCUT2D eigenvalue weighted by Crippen LogP contribution is -2.34. The number of hydrazine groups is 1. The highest BCUT2D eigenvalue weighted by atomic mass is 32.1. The summed E-state index contributed by atoms with van der Waals surface area (Å²) in [5.41, 5.74) is 0. The van der Waals surface area contributed by atoms with Gasteiger partial charge in [0.25, 0.3) is 6.34 Å². The Morgan fingerprint density at radius 2 is 2.22 bits per heavy atom. The highest BCUT2D eigenvalue weighted by molar-refractivity contribution is 7.78. The van der Waals surface area contributed by atoms with E-state index in [1.807, 2.05) is 25.4 Å². The molecule has 0 aromatic rings. The summed E-state index contributed by atoms with van der Waals surface area (Å²) in [6.45, 7) is 2.12. The van der Waals surface area contributed by atoms with Gasteiger partial charge in [-0.1, -0.05) is 5.01 Å². The lowest BCUT2D eigenvalue weighted by molar-refractivity contribution is -0.542. The Labute approximate surface area is 61.1 Å². The van der Waals surface area contributed by atoms with E-state index < -0.39 is 0 Å². The van der Waals surface area contributed by atoms with Gasteiger partial charge >= 0.3 is 0 Å². The Hall–Kier alpha value is -0.220. The molecule has 3 nitrogen and oxygen atoms in total. The largest absolute Gasteiger partial charge is 0.266 e. The quantitative estimate of drug-likeness (QED) is 0.381. The Morgan fingerprint density at radius 3 is 2.33 bits per heavy atom. The molecule has 0 aromatic carbocycles. The fourth-order valence-electron chi connectivity index (χ4n) is 0.776. The molecule has 1 heterocycles. The Morgan fingerprint density at radius 1 is 1.67 bits per heavy atom. The minimum Gasteiger partial charge on any atom is -0.250 e. The van der Waals surface area contributed by atoms with Gasteiger partial charge in [0.2, 0.25) is 0 Å². The van der Waals surface area contributed by atoms with Crippen LogP contribution in [0.4, 0.5) is 0 Å². The van der Waals surface area contributed by atoms with Gasteiger partial charge in [-0.2, -0.15) is 0 Å². The summed E-state index contributed by atoms with van der Waals surface area (Å²) in [5.74, 6) is 0. The first-order chi connectivity index (χ1) is 4.13. The molecule has 0 fully saturated rings. The molecule has 0 aromatic heterocycles. The van der Waals surface area contributed by atoms with E-state index in [2.05, 4.69) is 24.3 Å². The van der Waals surface area contributed by atoms with Crippen molar-refractivity contribution in [3.05, 3.63) is 0 Å². The van der Waals surface area contributed by atoms with Crippen molar-refractivity contribution in [1.82, 2.24) is 9.42 Å². The first-order valence-corrected chi connectivity index (χ1v) is 3.30. The van der Waals surface area contributed by atoms with E-state index in [4.69, 9.17) is 0 Å². The third-order valence-electron chi connectivity index (χ3n) is 1.74. The lowest BCUT2D eigenvalue weighted by Gasteiger charge is -2.12. The van der Waals surface area contributed by atoms with Crippen molar-refractivity contribution in [1.29, 1.82) is 0 Å². The van der Waals surface area contributed by atoms with Crippen LogP contribution in [0.25, 0.3) is 0 Å². The standard InChI is InChI=1S/C5H12N3S/c1-5-6(2)4-8(9)7(5)3/h4-5,9H,1-3H3/q+1. The van der Waals surface area contributed by atoms with Crippen molar-refractivity contribution in [2.75, 3.05) is 14.1 Å². The predicted octanol–water partition coefficient (Wildman–Crippen LogP) is 0.0102. The minimum atomic E-state index is 0.419. The summed E-state index contributed by atoms with van der Waals surface area (Å²) in [6.07, 6.45) is 2.36. The number of hydrogen-bond donors (Lipinski definition) is 1. The van der Waals surface area contributed by atoms with Gasteiger partial charge in [-0.25, -0.2) is 4.58 Å². The summed E-state index contributed by atoms with van der Waals surface area (Å²) >= 11 is 4.17. The first kappa shape index (κ1) is 6.89. The molecule has 0 radical (unpaired) electrons. The maximum atomic E-state index is 4.17. The summed E-state index contributed by atoms with van der Waals surface area (Å²) in [7, 11) is 4.02. The van der Waals surface area contributed by atoms with Crippen molar-refractivity contribution in [2.24, 2.45) is 0 Å². The van der Waals surface area contributed by atoms with Crippen LogP contribution in [0.15, 0.2) is 0 Å². The second-order valence-corrected chi connectivity index (χ2v) is 2.72. The third kappa shape index (κ3) is 1.04. The summed E-state index contributed by atoms with van der Waals surface area (Å²) in [4.78, 5) is 0. The molecule has 1 rings (SSSR count). The average Bonchev–Trinajstić information content (AvgIpc) is 1.98. The monoisotopic (exact) mass is 146 g/mol. The smallest absolute Gasteiger partial charge is 0.250 e. The molecule has 52 valence electrons. The summed E-state index contributed by atoms with van der Waals surface area (Å²) in [6, 6.07) is 0. The zero-order chi connectivity index (χ0) is 7.02. The summed E-state index contributed by atoms with van der Waals surface area (Å²) < 4.78 is 3.86. The number of hydrogen-bond acceptors (Lipinski definition) is 3. The van der Waals surface area contributed by atoms with E-state index in [0.717, 1.165) is 0 Å². The molecule has 0 bridgehead atoms. The second-order valence-electron chi connectivity index (χ2n) is 2.31. The van der Waals surface area contributed by atoms with Crippen molar-refractivity contribution in [2.45, 2.75) is 13.1 Å². The fraction of sp³-hybridized carbons (Fsp3) is 0.800. The maximum absolute atomic E-state index is 4.17. The predicted molar refractivity (Wildman–Crippen MR) is 40.3 cm³/mol. The van der Waals surface area contributed by atoms with Gasteiger partial charge in [0.1, 0.15) is 0 Å². The van der Waals surface area contributed by atoms with Gasteiger partial charge in [-0.3, -0.25) is 0 Å². The van der Waals surface area contributed by atoms with Crippen molar-refractivity contribution < 1.29 is 4.58 Å². The van der Waals surface area contributed by atoms with Gasteiger partial charge < -0.3 is 0 Å². The highest BCUT2D eigenvalue weighted by Crippen LogP contribution is 2.07. The van der Waals surface area contributed by atoms with Crippen molar-refractivity contribution in [3.8, 4) is 0 Å². The van der Waals surface area contributed by atoms with Crippen LogP contribution >= 0.6 is 12.8 Å². The van der Waals surface area contributed by atoms with E-state index in [1.54, 1.807) is 4.41 Å². The van der Waals surface area contributed by atoms with Crippen LogP contribution in [-0.4, -0.2) is 40.6 Å². The van der Waals surface area contributed by atoms with Crippen LogP contribution in [0.3, 0.4) is 0 Å². The van der Waals surface area contributed by atoms with Crippen LogP contribution in [0.1, 0.15) is 6.92 Å². The lowest BCUT2D eigenvalue weighted by atomic mass is 10.5. The van der Waals surface area contributed by atoms with Crippen LogP contribution in [0.2, 0.25) is 0 Å². The van der Waals surface area contributed by atoms with Gasteiger partial charge in [0.05, 0.1) is 19.9 Å². The SMILES string of the molecule is CC1N(C)N(S)C=[N+]1C. The Kier molecular flexibility index (Phi) is 1.68. The molecule has 9 heavy (non-hydrogen) atoms. The molecule has 1 aliphatic rings. The third-order valence-corrected chi connectivity index (χ3v) is 2.12. The normalized spacial score (nSPS) is 29.1. The van der Waals surface area contributed by atoms with Crippen molar-refractivity contribution in [3.63, 3.8) is 0 Å². The fourth-order valence-corrected chi connectivity index (χ4v) is 1.09. The van der Waals surface area contributed by atoms with Crippen LogP contribution in [-0.2, 0) is 0 Å². The molecule has 1 unspecified atom stereocenters. The highest BCUT2D eigenvalue weighted by Gasteiger charge is 2.28. The molecule has 1 atom stereocenters. The molecule has 0 saturated heterocycles. The Balaban J connectivity index is 2.70. The zero-order valence-electron chi connectivity index (χ0n) is 5.94. The van der Waals surface area contributed by atoms with Gasteiger partial charge in [-0.15, -0.1) is 4.41 Å². The first-order valence-electron chi connectivity index (χ1n) is 2.90. The molecule has 0 spiro atoms. The van der Waals surface area contributed by atoms with E-state index in [0.29, 0.717) is 6.17 Å². The second kappa shape index (κ2) is 2.19. The van der Waals surface area contributed by atoms with Crippen LogP contribution < -0.4 is 0 Å². The average molecular weight is 146 g/mol. The molecule has 0 saturated carbocycles. The van der Waals surface area contributed by atoms with E-state index in [-0.39, 0.29) is 0 Å². The van der Waals surface area contributed by atoms with Crippen LogP contribution in [0, 0.1) is 0 Å². The molecular formula is C5H12N3S+. The van der Waals surface area contributed by atoms with E-state index in [9.17, 15) is 0 Å². The van der Waals surface area contributed by atoms with Crippen molar-refractivity contribution >= 4 is 19.2 Å². The molecule has 0 aliphatic carbocycles. The van der Waals surface area contributed by atoms with Gasteiger partial charge in [0, 0.05) is 7.05 Å². The number of thiol groups is 1. The van der Waals surface area contributed by atoms with Gasteiger partial charge in [0.15, 0.2) is 6.17 Å². The molecule has 0 N–H and O–H groups in total. The maximum Gasteiger partial charge on any atom is 0.266 e. The number of rotatable bonds is 0. The van der Waals surface area contributed by atoms with Gasteiger partial charge in [-0.05, 0) is 6.92 Å². The molecule has 1 aliphatic heterocycles. The topological polar surface area (TPSA) is 9.49 Å². The Bertz CT molecular complexity index is 145. The zero-order valence-corrected chi connectivity index (χ0v) is 6.84. The number of nitrogens with zero attached hydrogens (tertiary/aromatic N) is 3. The minimum absolute atomic E-state index is 0.419. The van der Waals surface area contributed by atoms with E-state index >= 15 is 0 Å². The summed E-state index contributed by atoms with van der Waals surface area (Å²) in [5, 5.41) is 2.03. The van der Waals surface area contributed by atoms with E-state index in [1.165, 1.54) is 0 Å². The molecule has 0 amide bonds. The van der Waals surface area contributed by atoms with Crippen LogP contribution in [0.5, 0.6) is 0 Å². The molecular weight excluding hydrogens is 134 g/mol.